The van der Waals surface area contributed by atoms with Gasteiger partial charge in [-0.25, -0.2) is 0 Å². The van der Waals surface area contributed by atoms with Crippen LogP contribution in [0.1, 0.15) is 22.3 Å². The molecule has 0 amide bonds. The van der Waals surface area contributed by atoms with E-state index in [0.29, 0.717) is 0 Å². The van der Waals surface area contributed by atoms with Crippen molar-refractivity contribution in [2.45, 2.75) is 5.41 Å². The minimum Gasteiger partial charge on any atom is -0.310 e. The summed E-state index contributed by atoms with van der Waals surface area (Å²) in [4.78, 5) is 2.52. The highest BCUT2D eigenvalue weighted by Gasteiger charge is 2.53. The van der Waals surface area contributed by atoms with Crippen molar-refractivity contribution in [2.24, 2.45) is 0 Å². The van der Waals surface area contributed by atoms with Gasteiger partial charge in [0, 0.05) is 37.1 Å². The summed E-state index contributed by atoms with van der Waals surface area (Å²) >= 11 is 1.87. The van der Waals surface area contributed by atoms with Crippen LogP contribution in [0.4, 0.5) is 17.1 Å². The predicted molar refractivity (Wildman–Crippen MR) is 216 cm³/mol. The van der Waals surface area contributed by atoms with Gasteiger partial charge in [0.2, 0.25) is 0 Å². The van der Waals surface area contributed by atoms with Gasteiger partial charge in [-0.1, -0.05) is 146 Å². The van der Waals surface area contributed by atoms with Gasteiger partial charge in [0.05, 0.1) is 11.1 Å². The molecule has 51 heavy (non-hydrogen) atoms. The molecule has 9 aromatic rings. The van der Waals surface area contributed by atoms with E-state index in [4.69, 9.17) is 0 Å². The van der Waals surface area contributed by atoms with Crippen molar-refractivity contribution in [2.75, 3.05) is 4.90 Å². The molecule has 0 N–H and O–H groups in total. The van der Waals surface area contributed by atoms with Crippen LogP contribution >= 0.6 is 11.3 Å². The van der Waals surface area contributed by atoms with Gasteiger partial charge in [-0.3, -0.25) is 0 Å². The fourth-order valence-corrected chi connectivity index (χ4v) is 10.1. The number of nitrogens with zero attached hydrogens (tertiary/aromatic N) is 1. The van der Waals surface area contributed by atoms with E-state index in [-0.39, 0.29) is 0 Å². The van der Waals surface area contributed by atoms with E-state index in [1.807, 2.05) is 11.3 Å². The third kappa shape index (κ3) is 3.97. The van der Waals surface area contributed by atoms with Crippen LogP contribution in [0.15, 0.2) is 188 Å². The Labute approximate surface area is 301 Å². The lowest BCUT2D eigenvalue weighted by Gasteiger charge is -2.36. The molecule has 11 rings (SSSR count). The molecular formula is C49H31NS. The summed E-state index contributed by atoms with van der Waals surface area (Å²) in [6, 6.07) is 69.8. The van der Waals surface area contributed by atoms with E-state index in [2.05, 4.69) is 193 Å². The largest absolute Gasteiger partial charge is 0.310 e. The molecule has 1 nitrogen and oxygen atoms in total. The normalized spacial score (nSPS) is 13.3. The Bertz CT molecular complexity index is 2760. The van der Waals surface area contributed by atoms with Crippen molar-refractivity contribution >= 4 is 48.6 Å². The second-order valence-corrected chi connectivity index (χ2v) is 14.7. The quantitative estimate of drug-likeness (QED) is 0.181. The van der Waals surface area contributed by atoms with Gasteiger partial charge in [0.25, 0.3) is 0 Å². The monoisotopic (exact) mass is 665 g/mol. The van der Waals surface area contributed by atoms with Crippen LogP contribution in [0, 0.1) is 0 Å². The van der Waals surface area contributed by atoms with E-state index < -0.39 is 5.41 Å². The first-order valence-electron chi connectivity index (χ1n) is 17.6. The Hall–Kier alpha value is -6.22. The Kier molecular flexibility index (Phi) is 6.11. The average molecular weight is 666 g/mol. The molecule has 238 valence electrons. The van der Waals surface area contributed by atoms with E-state index in [0.717, 1.165) is 11.4 Å². The molecule has 8 aromatic carbocycles. The molecule has 0 aliphatic heterocycles. The number of rotatable bonds is 4. The Morgan fingerprint density at radius 1 is 0.373 bits per heavy atom. The predicted octanol–water partition coefficient (Wildman–Crippen LogP) is 13.5. The van der Waals surface area contributed by atoms with Crippen LogP contribution in [-0.2, 0) is 5.41 Å². The van der Waals surface area contributed by atoms with Crippen LogP contribution < -0.4 is 4.90 Å². The first-order chi connectivity index (χ1) is 25.3. The zero-order chi connectivity index (χ0) is 33.5. The smallest absolute Gasteiger partial charge is 0.0746 e. The molecule has 0 fully saturated rings. The van der Waals surface area contributed by atoms with Gasteiger partial charge in [-0.05, 0) is 92.5 Å². The van der Waals surface area contributed by atoms with Gasteiger partial charge >= 0.3 is 0 Å². The minimum atomic E-state index is -0.468. The number of hydrogen-bond donors (Lipinski definition) is 0. The summed E-state index contributed by atoms with van der Waals surface area (Å²) in [5.74, 6) is 0. The number of benzene rings is 8. The lowest BCUT2D eigenvalue weighted by Crippen LogP contribution is -2.28. The third-order valence-electron chi connectivity index (χ3n) is 11.1. The third-order valence-corrected chi connectivity index (χ3v) is 12.2. The Morgan fingerprint density at radius 3 is 1.67 bits per heavy atom. The molecule has 0 radical (unpaired) electrons. The molecule has 2 aliphatic carbocycles. The number of thiophene rings is 1. The summed E-state index contributed by atoms with van der Waals surface area (Å²) in [5.41, 5.74) is 16.0. The van der Waals surface area contributed by atoms with Crippen LogP contribution in [0.3, 0.4) is 0 Å². The van der Waals surface area contributed by atoms with Gasteiger partial charge in [-0.15, -0.1) is 11.3 Å². The SMILES string of the molecule is c1ccc(-c2cccc(N(c3ccc4sc5ccccc5c4c3)c3cccc4c3C3(c5ccccc5-c5ccccc53)c3ccccc3-4)c2)cc1. The maximum absolute atomic E-state index is 2.52. The summed E-state index contributed by atoms with van der Waals surface area (Å²) in [6.45, 7) is 0. The molecule has 0 saturated heterocycles. The zero-order valence-corrected chi connectivity index (χ0v) is 28.6. The summed E-state index contributed by atoms with van der Waals surface area (Å²) < 4.78 is 2.62. The Morgan fingerprint density at radius 2 is 0.922 bits per heavy atom. The van der Waals surface area contributed by atoms with E-state index in [1.54, 1.807) is 0 Å². The maximum atomic E-state index is 2.52. The van der Waals surface area contributed by atoms with Crippen LogP contribution in [0.2, 0.25) is 0 Å². The van der Waals surface area contributed by atoms with Crippen molar-refractivity contribution in [1.29, 1.82) is 0 Å². The average Bonchev–Trinajstić information content (AvgIpc) is 3.83. The fourth-order valence-electron chi connectivity index (χ4n) is 9.05. The van der Waals surface area contributed by atoms with E-state index in [1.165, 1.54) is 81.5 Å². The molecular weight excluding hydrogens is 635 g/mol. The van der Waals surface area contributed by atoms with Crippen molar-refractivity contribution in [1.82, 2.24) is 0 Å². The highest BCUT2D eigenvalue weighted by atomic mass is 32.1. The lowest BCUT2D eigenvalue weighted by molar-refractivity contribution is 0.793. The second kappa shape index (κ2) is 10.9. The number of anilines is 3. The maximum Gasteiger partial charge on any atom is 0.0746 e. The molecule has 2 aliphatic rings. The summed E-state index contributed by atoms with van der Waals surface area (Å²) in [6.07, 6.45) is 0. The van der Waals surface area contributed by atoms with Crippen LogP contribution in [0.5, 0.6) is 0 Å². The number of hydrogen-bond acceptors (Lipinski definition) is 2. The molecule has 0 unspecified atom stereocenters. The summed E-state index contributed by atoms with van der Waals surface area (Å²) in [5, 5.41) is 2.59. The molecule has 0 atom stereocenters. The molecule has 1 heterocycles. The fraction of sp³-hybridized carbons (Fsp3) is 0.0204. The molecule has 2 heteroatoms. The first kappa shape index (κ1) is 28.6. The number of fused-ring (bicyclic) bond motifs is 13. The van der Waals surface area contributed by atoms with Crippen molar-refractivity contribution in [3.8, 4) is 33.4 Å². The van der Waals surface area contributed by atoms with E-state index in [9.17, 15) is 0 Å². The summed E-state index contributed by atoms with van der Waals surface area (Å²) in [7, 11) is 0. The molecule has 1 aromatic heterocycles. The van der Waals surface area contributed by atoms with Crippen molar-refractivity contribution in [3.63, 3.8) is 0 Å². The van der Waals surface area contributed by atoms with Gasteiger partial charge in [-0.2, -0.15) is 0 Å². The minimum absolute atomic E-state index is 0.468. The Balaban J connectivity index is 1.25. The van der Waals surface area contributed by atoms with Gasteiger partial charge in [0.15, 0.2) is 0 Å². The van der Waals surface area contributed by atoms with Crippen molar-refractivity contribution in [3.05, 3.63) is 210 Å². The zero-order valence-electron chi connectivity index (χ0n) is 27.8. The first-order valence-corrected chi connectivity index (χ1v) is 18.4. The standard InChI is InChI=1S/C49H31NS/c1-2-14-32(15-3-1)33-16-12-17-34(30-33)50(35-28-29-47-41(31-35)39-21-7-11-27-46(39)51-47)45-26-13-22-40-38-20-6-10-25-44(38)49(48(40)45)42-23-8-4-18-36(42)37-19-5-9-24-43(37)49/h1-31H. The molecule has 0 bridgehead atoms. The topological polar surface area (TPSA) is 3.24 Å². The van der Waals surface area contributed by atoms with Crippen LogP contribution in [-0.4, -0.2) is 0 Å². The molecule has 1 spiro atoms. The molecule has 0 saturated carbocycles. The highest BCUT2D eigenvalue weighted by molar-refractivity contribution is 7.25. The highest BCUT2D eigenvalue weighted by Crippen LogP contribution is 2.65. The lowest BCUT2D eigenvalue weighted by atomic mass is 9.70. The van der Waals surface area contributed by atoms with Crippen LogP contribution in [0.25, 0.3) is 53.6 Å². The second-order valence-electron chi connectivity index (χ2n) is 13.6. The van der Waals surface area contributed by atoms with Crippen molar-refractivity contribution < 1.29 is 0 Å². The van der Waals surface area contributed by atoms with E-state index >= 15 is 0 Å². The van der Waals surface area contributed by atoms with Gasteiger partial charge in [0.1, 0.15) is 0 Å². The van der Waals surface area contributed by atoms with Gasteiger partial charge < -0.3 is 4.90 Å².